The molecule has 2 heterocycles. The van der Waals surface area contributed by atoms with Crippen molar-refractivity contribution in [3.05, 3.63) is 66.2 Å². The fourth-order valence-corrected chi connectivity index (χ4v) is 3.33. The molecule has 0 amide bonds. The lowest BCUT2D eigenvalue weighted by molar-refractivity contribution is 0.573. The largest absolute Gasteiger partial charge is 0.356 e. The highest BCUT2D eigenvalue weighted by atomic mass is 15.2. The summed E-state index contributed by atoms with van der Waals surface area (Å²) >= 11 is 0. The number of nitrogens with one attached hydrogen (secondary N) is 1. The smallest absolute Gasteiger partial charge is 0.229 e. The fourth-order valence-electron chi connectivity index (χ4n) is 3.33. The summed E-state index contributed by atoms with van der Waals surface area (Å²) in [6.45, 7) is 2.04. The predicted octanol–water partition coefficient (Wildman–Crippen LogP) is 4.75. The molecule has 0 radical (unpaired) electrons. The summed E-state index contributed by atoms with van der Waals surface area (Å²) in [5.41, 5.74) is 3.37. The molecule has 134 valence electrons. The number of aromatic nitrogens is 2. The minimum atomic E-state index is 0.548. The second-order valence-corrected chi connectivity index (χ2v) is 6.67. The van der Waals surface area contributed by atoms with Crippen LogP contribution < -0.4 is 10.2 Å². The number of anilines is 3. The Morgan fingerprint density at radius 3 is 2.48 bits per heavy atom. The third kappa shape index (κ3) is 4.06. The molecule has 1 aromatic heterocycles. The Hall–Kier alpha value is -3.39. The van der Waals surface area contributed by atoms with Crippen LogP contribution in [-0.2, 0) is 0 Å². The summed E-state index contributed by atoms with van der Waals surface area (Å²) in [6, 6.07) is 21.7. The van der Waals surface area contributed by atoms with Gasteiger partial charge >= 0.3 is 0 Å². The second kappa shape index (κ2) is 7.88. The summed E-state index contributed by atoms with van der Waals surface area (Å²) in [4.78, 5) is 11.8. The molecule has 0 atom stereocenters. The average molecular weight is 355 g/mol. The van der Waals surface area contributed by atoms with Crippen molar-refractivity contribution < 1.29 is 0 Å². The van der Waals surface area contributed by atoms with Gasteiger partial charge in [0.2, 0.25) is 5.95 Å². The lowest BCUT2D eigenvalue weighted by Crippen LogP contribution is -2.30. The lowest BCUT2D eigenvalue weighted by Gasteiger charge is -2.28. The van der Waals surface area contributed by atoms with Gasteiger partial charge in [0.15, 0.2) is 0 Å². The van der Waals surface area contributed by atoms with Crippen LogP contribution in [0.1, 0.15) is 24.8 Å². The minimum absolute atomic E-state index is 0.548. The van der Waals surface area contributed by atoms with Gasteiger partial charge in [0.05, 0.1) is 17.3 Å². The first-order valence-corrected chi connectivity index (χ1v) is 9.28. The summed E-state index contributed by atoms with van der Waals surface area (Å²) in [7, 11) is 0. The van der Waals surface area contributed by atoms with Gasteiger partial charge in [-0.1, -0.05) is 36.4 Å². The predicted molar refractivity (Wildman–Crippen MR) is 108 cm³/mol. The van der Waals surface area contributed by atoms with Crippen LogP contribution >= 0.6 is 0 Å². The molecule has 0 bridgehead atoms. The zero-order valence-electron chi connectivity index (χ0n) is 15.1. The molecule has 0 spiro atoms. The Morgan fingerprint density at radius 2 is 1.70 bits per heavy atom. The Balaban J connectivity index is 1.72. The van der Waals surface area contributed by atoms with Gasteiger partial charge in [0.1, 0.15) is 5.82 Å². The zero-order valence-corrected chi connectivity index (χ0v) is 15.1. The zero-order chi connectivity index (χ0) is 18.5. The molecule has 2 aromatic carbocycles. The number of nitriles is 1. The van der Waals surface area contributed by atoms with Crippen molar-refractivity contribution in [3.63, 3.8) is 0 Å². The molecule has 0 aliphatic carbocycles. The molecule has 1 aliphatic rings. The van der Waals surface area contributed by atoms with Crippen LogP contribution in [-0.4, -0.2) is 23.1 Å². The number of nitrogens with zero attached hydrogens (tertiary/aromatic N) is 4. The molecule has 27 heavy (non-hydrogen) atoms. The van der Waals surface area contributed by atoms with Crippen molar-refractivity contribution in [2.45, 2.75) is 19.3 Å². The summed E-state index contributed by atoms with van der Waals surface area (Å²) < 4.78 is 0. The van der Waals surface area contributed by atoms with E-state index in [1.807, 2.05) is 30.3 Å². The van der Waals surface area contributed by atoms with E-state index in [1.165, 1.54) is 19.3 Å². The monoisotopic (exact) mass is 355 g/mol. The first-order chi connectivity index (χ1) is 13.3. The topological polar surface area (TPSA) is 64.8 Å². The summed E-state index contributed by atoms with van der Waals surface area (Å²) in [5, 5.41) is 12.4. The molecule has 1 saturated heterocycles. The highest BCUT2D eigenvalue weighted by molar-refractivity contribution is 5.67. The van der Waals surface area contributed by atoms with E-state index in [0.29, 0.717) is 11.5 Å². The highest BCUT2D eigenvalue weighted by Crippen LogP contribution is 2.26. The Kier molecular flexibility index (Phi) is 4.97. The number of benzene rings is 2. The van der Waals surface area contributed by atoms with Crippen LogP contribution in [0.2, 0.25) is 0 Å². The standard InChI is InChI=1S/C22H21N5/c23-16-17-8-7-11-19(14-17)24-22-25-20(18-9-3-1-4-10-18)15-21(26-22)27-12-5-2-6-13-27/h1,3-4,7-11,14-15H,2,5-6,12-13H2,(H,24,25,26). The van der Waals surface area contributed by atoms with Crippen molar-refractivity contribution in [1.29, 1.82) is 5.26 Å². The molecule has 1 aliphatic heterocycles. The molecule has 0 unspecified atom stereocenters. The van der Waals surface area contributed by atoms with Gasteiger partial charge in [0, 0.05) is 30.4 Å². The Morgan fingerprint density at radius 1 is 0.889 bits per heavy atom. The van der Waals surface area contributed by atoms with Crippen LogP contribution in [0, 0.1) is 11.3 Å². The van der Waals surface area contributed by atoms with E-state index in [4.69, 9.17) is 15.2 Å². The van der Waals surface area contributed by atoms with Gasteiger partial charge < -0.3 is 10.2 Å². The van der Waals surface area contributed by atoms with E-state index in [9.17, 15) is 0 Å². The first-order valence-electron chi connectivity index (χ1n) is 9.28. The van der Waals surface area contributed by atoms with Crippen LogP contribution in [0.3, 0.4) is 0 Å². The van der Waals surface area contributed by atoms with E-state index in [2.05, 4.69) is 34.5 Å². The molecule has 0 saturated carbocycles. The Bertz CT molecular complexity index is 956. The summed E-state index contributed by atoms with van der Waals surface area (Å²) in [6.07, 6.45) is 3.66. The second-order valence-electron chi connectivity index (χ2n) is 6.67. The number of rotatable bonds is 4. The van der Waals surface area contributed by atoms with E-state index in [0.717, 1.165) is 35.9 Å². The maximum Gasteiger partial charge on any atom is 0.229 e. The SMILES string of the molecule is N#Cc1cccc(Nc2nc(-c3ccccc3)cc(N3CCCCC3)n2)c1. The number of hydrogen-bond acceptors (Lipinski definition) is 5. The van der Waals surface area contributed by atoms with Crippen LogP contribution in [0.4, 0.5) is 17.5 Å². The fraction of sp³-hybridized carbons (Fsp3) is 0.227. The highest BCUT2D eigenvalue weighted by Gasteiger charge is 2.15. The van der Waals surface area contributed by atoms with E-state index in [1.54, 1.807) is 12.1 Å². The van der Waals surface area contributed by atoms with Crippen LogP contribution in [0.5, 0.6) is 0 Å². The van der Waals surface area contributed by atoms with Crippen molar-refractivity contribution >= 4 is 17.5 Å². The molecule has 5 heteroatoms. The normalized spacial score (nSPS) is 13.8. The maximum atomic E-state index is 9.12. The van der Waals surface area contributed by atoms with Gasteiger partial charge in [-0.05, 0) is 37.5 Å². The molecule has 4 rings (SSSR count). The van der Waals surface area contributed by atoms with E-state index >= 15 is 0 Å². The quantitative estimate of drug-likeness (QED) is 0.732. The third-order valence-electron chi connectivity index (χ3n) is 4.71. The molecule has 1 N–H and O–H groups in total. The van der Waals surface area contributed by atoms with Gasteiger partial charge in [-0.3, -0.25) is 0 Å². The average Bonchev–Trinajstić information content (AvgIpc) is 2.75. The van der Waals surface area contributed by atoms with Crippen LogP contribution in [0.25, 0.3) is 11.3 Å². The molecular weight excluding hydrogens is 334 g/mol. The molecular formula is C22H21N5. The maximum absolute atomic E-state index is 9.12. The minimum Gasteiger partial charge on any atom is -0.356 e. The molecule has 1 fully saturated rings. The van der Waals surface area contributed by atoms with Crippen molar-refractivity contribution in [2.75, 3.05) is 23.3 Å². The van der Waals surface area contributed by atoms with Crippen molar-refractivity contribution in [3.8, 4) is 17.3 Å². The number of piperidine rings is 1. The van der Waals surface area contributed by atoms with Gasteiger partial charge in [0.25, 0.3) is 0 Å². The van der Waals surface area contributed by atoms with Gasteiger partial charge in [-0.15, -0.1) is 0 Å². The van der Waals surface area contributed by atoms with Gasteiger partial charge in [-0.2, -0.15) is 10.2 Å². The summed E-state index contributed by atoms with van der Waals surface area (Å²) in [5.74, 6) is 1.49. The number of hydrogen-bond donors (Lipinski definition) is 1. The van der Waals surface area contributed by atoms with Crippen molar-refractivity contribution in [1.82, 2.24) is 9.97 Å². The van der Waals surface area contributed by atoms with E-state index in [-0.39, 0.29) is 0 Å². The van der Waals surface area contributed by atoms with E-state index < -0.39 is 0 Å². The molecule has 5 nitrogen and oxygen atoms in total. The third-order valence-corrected chi connectivity index (χ3v) is 4.71. The van der Waals surface area contributed by atoms with Gasteiger partial charge in [-0.25, -0.2) is 4.98 Å². The first kappa shape index (κ1) is 17.0. The Labute approximate surface area is 159 Å². The molecule has 3 aromatic rings. The van der Waals surface area contributed by atoms with Crippen molar-refractivity contribution in [2.24, 2.45) is 0 Å². The lowest BCUT2D eigenvalue weighted by atomic mass is 10.1. The van der Waals surface area contributed by atoms with Crippen LogP contribution in [0.15, 0.2) is 60.7 Å².